The van der Waals surface area contributed by atoms with Crippen LogP contribution in [0.3, 0.4) is 0 Å². The van der Waals surface area contributed by atoms with E-state index in [-0.39, 0.29) is 5.41 Å². The van der Waals surface area contributed by atoms with Crippen LogP contribution < -0.4 is 10.5 Å². The number of aryl methyl sites for hydroxylation is 1. The Balaban J connectivity index is 2.44. The third kappa shape index (κ3) is 3.88. The van der Waals surface area contributed by atoms with Crippen molar-refractivity contribution in [1.82, 2.24) is 9.97 Å². The molecular formula is C16H21N3OS. The van der Waals surface area contributed by atoms with Gasteiger partial charge in [0.05, 0.1) is 0 Å². The van der Waals surface area contributed by atoms with Crippen LogP contribution >= 0.6 is 11.8 Å². The number of benzene rings is 1. The number of hydrogen-bond donors (Lipinski definition) is 1. The van der Waals surface area contributed by atoms with Gasteiger partial charge in [0.15, 0.2) is 5.16 Å². The van der Waals surface area contributed by atoms with Gasteiger partial charge in [-0.3, -0.25) is 0 Å². The second-order valence-electron chi connectivity index (χ2n) is 5.97. The first-order valence-electron chi connectivity index (χ1n) is 6.77. The third-order valence-electron chi connectivity index (χ3n) is 3.04. The van der Waals surface area contributed by atoms with Gasteiger partial charge in [-0.1, -0.05) is 44.7 Å². The van der Waals surface area contributed by atoms with E-state index in [4.69, 9.17) is 10.5 Å². The first kappa shape index (κ1) is 15.6. The van der Waals surface area contributed by atoms with Gasteiger partial charge in [-0.05, 0) is 30.2 Å². The molecule has 112 valence electrons. The maximum absolute atomic E-state index is 6.00. The van der Waals surface area contributed by atoms with Gasteiger partial charge >= 0.3 is 0 Å². The minimum atomic E-state index is -0.00998. The molecule has 0 atom stereocenters. The molecule has 1 aromatic carbocycles. The Morgan fingerprint density at radius 3 is 2.48 bits per heavy atom. The predicted octanol–water partition coefficient (Wildman–Crippen LogP) is 4.18. The fraction of sp³-hybridized carbons (Fsp3) is 0.375. The molecule has 2 rings (SSSR count). The van der Waals surface area contributed by atoms with Crippen molar-refractivity contribution in [2.24, 2.45) is 0 Å². The molecule has 0 saturated carbocycles. The summed E-state index contributed by atoms with van der Waals surface area (Å²) in [6.45, 7) is 8.52. The van der Waals surface area contributed by atoms with Crippen LogP contribution in [0.25, 0.3) is 0 Å². The Morgan fingerprint density at radius 2 is 1.86 bits per heavy atom. The molecule has 1 aromatic heterocycles. The Morgan fingerprint density at radius 1 is 1.14 bits per heavy atom. The zero-order chi connectivity index (χ0) is 15.6. The molecule has 0 saturated heterocycles. The average Bonchev–Trinajstić information content (AvgIpc) is 2.36. The zero-order valence-electron chi connectivity index (χ0n) is 13.1. The molecule has 0 aliphatic rings. The summed E-state index contributed by atoms with van der Waals surface area (Å²) < 4.78 is 6.00. The van der Waals surface area contributed by atoms with Crippen molar-refractivity contribution in [2.45, 2.75) is 38.3 Å². The second-order valence-corrected chi connectivity index (χ2v) is 6.74. The van der Waals surface area contributed by atoms with E-state index in [1.165, 1.54) is 11.8 Å². The van der Waals surface area contributed by atoms with Crippen molar-refractivity contribution in [2.75, 3.05) is 12.0 Å². The molecule has 21 heavy (non-hydrogen) atoms. The van der Waals surface area contributed by atoms with E-state index >= 15 is 0 Å². The molecule has 0 radical (unpaired) electrons. The molecule has 0 fully saturated rings. The lowest BCUT2D eigenvalue weighted by Gasteiger charge is -2.23. The molecule has 0 amide bonds. The number of nitrogen functional groups attached to an aromatic ring is 1. The lowest BCUT2D eigenvalue weighted by Crippen LogP contribution is -2.13. The Labute approximate surface area is 130 Å². The molecular weight excluding hydrogens is 282 g/mol. The summed E-state index contributed by atoms with van der Waals surface area (Å²) in [4.78, 5) is 8.48. The maximum atomic E-state index is 6.00. The van der Waals surface area contributed by atoms with E-state index in [9.17, 15) is 0 Å². The average molecular weight is 303 g/mol. The van der Waals surface area contributed by atoms with Crippen LogP contribution in [0.5, 0.6) is 11.6 Å². The van der Waals surface area contributed by atoms with Gasteiger partial charge in [-0.2, -0.15) is 4.98 Å². The normalized spacial score (nSPS) is 11.5. The lowest BCUT2D eigenvalue weighted by molar-refractivity contribution is 0.434. The molecule has 2 N–H and O–H groups in total. The summed E-state index contributed by atoms with van der Waals surface area (Å²) in [5, 5.41) is 0.606. The summed E-state index contributed by atoms with van der Waals surface area (Å²) in [7, 11) is 0. The number of nitrogens with zero attached hydrogens (tertiary/aromatic N) is 2. The standard InChI is InChI=1S/C16H21N3OS/c1-10-6-7-11(16(2,3)4)12(8-10)20-14-9-13(17)18-15(19-14)21-5/h6-9H,1-5H3,(H2,17,18,19). The van der Waals surface area contributed by atoms with Crippen molar-refractivity contribution < 1.29 is 4.74 Å². The number of aromatic nitrogens is 2. The first-order valence-corrected chi connectivity index (χ1v) is 7.99. The monoisotopic (exact) mass is 303 g/mol. The molecule has 5 heteroatoms. The number of thioether (sulfide) groups is 1. The highest BCUT2D eigenvalue weighted by Gasteiger charge is 2.20. The summed E-state index contributed by atoms with van der Waals surface area (Å²) in [6, 6.07) is 7.87. The summed E-state index contributed by atoms with van der Waals surface area (Å²) in [5.74, 6) is 1.70. The SMILES string of the molecule is CSc1nc(N)cc(Oc2cc(C)ccc2C(C)(C)C)n1. The number of rotatable bonds is 3. The zero-order valence-corrected chi connectivity index (χ0v) is 13.9. The fourth-order valence-electron chi connectivity index (χ4n) is 2.01. The highest BCUT2D eigenvalue weighted by molar-refractivity contribution is 7.98. The van der Waals surface area contributed by atoms with E-state index in [1.54, 1.807) is 6.07 Å². The van der Waals surface area contributed by atoms with Crippen molar-refractivity contribution in [3.05, 3.63) is 35.4 Å². The molecule has 0 bridgehead atoms. The molecule has 4 nitrogen and oxygen atoms in total. The summed E-state index contributed by atoms with van der Waals surface area (Å²) >= 11 is 1.44. The van der Waals surface area contributed by atoms with Crippen molar-refractivity contribution >= 4 is 17.6 Å². The molecule has 0 unspecified atom stereocenters. The van der Waals surface area contributed by atoms with Gasteiger partial charge < -0.3 is 10.5 Å². The second kappa shape index (κ2) is 5.93. The minimum absolute atomic E-state index is 0.00998. The molecule has 0 spiro atoms. The summed E-state index contributed by atoms with van der Waals surface area (Å²) in [5.41, 5.74) is 8.07. The Kier molecular flexibility index (Phi) is 4.42. The Hall–Kier alpha value is -1.75. The van der Waals surface area contributed by atoms with Crippen LogP contribution in [-0.4, -0.2) is 16.2 Å². The predicted molar refractivity (Wildman–Crippen MR) is 88.2 cm³/mol. The van der Waals surface area contributed by atoms with E-state index in [0.29, 0.717) is 16.9 Å². The number of hydrogen-bond acceptors (Lipinski definition) is 5. The van der Waals surface area contributed by atoms with Gasteiger partial charge in [0.2, 0.25) is 5.88 Å². The van der Waals surface area contributed by atoms with Crippen LogP contribution in [0, 0.1) is 6.92 Å². The first-order chi connectivity index (χ1) is 9.79. The minimum Gasteiger partial charge on any atom is -0.438 e. The number of anilines is 1. The quantitative estimate of drug-likeness (QED) is 0.681. The summed E-state index contributed by atoms with van der Waals surface area (Å²) in [6.07, 6.45) is 1.91. The van der Waals surface area contributed by atoms with E-state index in [2.05, 4.69) is 42.9 Å². The number of ether oxygens (including phenoxy) is 1. The van der Waals surface area contributed by atoms with Gasteiger partial charge in [-0.25, -0.2) is 4.98 Å². The fourth-order valence-corrected chi connectivity index (χ4v) is 2.39. The van der Waals surface area contributed by atoms with E-state index < -0.39 is 0 Å². The van der Waals surface area contributed by atoms with Gasteiger partial charge in [-0.15, -0.1) is 0 Å². The van der Waals surface area contributed by atoms with Gasteiger partial charge in [0.25, 0.3) is 0 Å². The van der Waals surface area contributed by atoms with E-state index in [1.807, 2.05) is 19.2 Å². The topological polar surface area (TPSA) is 61.0 Å². The highest BCUT2D eigenvalue weighted by atomic mass is 32.2. The lowest BCUT2D eigenvalue weighted by atomic mass is 9.86. The number of nitrogens with two attached hydrogens (primary N) is 1. The largest absolute Gasteiger partial charge is 0.438 e. The van der Waals surface area contributed by atoms with Crippen molar-refractivity contribution in [3.63, 3.8) is 0 Å². The van der Waals surface area contributed by atoms with Crippen LogP contribution in [-0.2, 0) is 5.41 Å². The van der Waals surface area contributed by atoms with E-state index in [0.717, 1.165) is 16.9 Å². The molecule has 1 heterocycles. The van der Waals surface area contributed by atoms with Crippen molar-refractivity contribution in [1.29, 1.82) is 0 Å². The third-order valence-corrected chi connectivity index (χ3v) is 3.59. The molecule has 2 aromatic rings. The highest BCUT2D eigenvalue weighted by Crippen LogP contribution is 2.34. The van der Waals surface area contributed by atoms with Crippen LogP contribution in [0.15, 0.2) is 29.4 Å². The Bertz CT molecular complexity index is 650. The van der Waals surface area contributed by atoms with Crippen molar-refractivity contribution in [3.8, 4) is 11.6 Å². The van der Waals surface area contributed by atoms with Crippen LogP contribution in [0.2, 0.25) is 0 Å². The smallest absolute Gasteiger partial charge is 0.225 e. The van der Waals surface area contributed by atoms with Gasteiger partial charge in [0.1, 0.15) is 11.6 Å². The van der Waals surface area contributed by atoms with Crippen LogP contribution in [0.1, 0.15) is 31.9 Å². The molecule has 0 aliphatic heterocycles. The van der Waals surface area contributed by atoms with Gasteiger partial charge in [0, 0.05) is 11.6 Å². The maximum Gasteiger partial charge on any atom is 0.225 e. The van der Waals surface area contributed by atoms with Crippen LogP contribution in [0.4, 0.5) is 5.82 Å². The molecule has 0 aliphatic carbocycles.